The predicted molar refractivity (Wildman–Crippen MR) is 101 cm³/mol. The maximum atomic E-state index is 11.8. The molecule has 0 bridgehead atoms. The Morgan fingerprint density at radius 1 is 1.37 bits per heavy atom. The number of nitrogens with one attached hydrogen (secondary N) is 1. The van der Waals surface area contributed by atoms with Gasteiger partial charge in [-0.15, -0.1) is 0 Å². The molecule has 0 aliphatic rings. The molecule has 2 aromatic carbocycles. The van der Waals surface area contributed by atoms with E-state index in [1.165, 1.54) is 19.4 Å². The first kappa shape index (κ1) is 20.2. The molecule has 0 saturated heterocycles. The number of halogens is 1. The number of amides is 1. The van der Waals surface area contributed by atoms with Gasteiger partial charge in [-0.05, 0) is 46.6 Å². The number of carbonyl (C=O) groups excluding carboxylic acids is 1. The Morgan fingerprint density at radius 2 is 2.11 bits per heavy atom. The van der Waals surface area contributed by atoms with Crippen LogP contribution in [-0.2, 0) is 4.79 Å². The van der Waals surface area contributed by atoms with Crippen LogP contribution in [0.4, 0.5) is 5.69 Å². The van der Waals surface area contributed by atoms with E-state index in [9.17, 15) is 20.0 Å². The number of nitro benzene ring substituents is 1. The van der Waals surface area contributed by atoms with Gasteiger partial charge in [0.25, 0.3) is 5.91 Å². The number of ether oxygens (including phenoxy) is 2. The maximum Gasteiger partial charge on any atom is 0.315 e. The number of methoxy groups -OCH3 is 1. The van der Waals surface area contributed by atoms with Crippen molar-refractivity contribution in [3.8, 4) is 17.2 Å². The molecular formula is C17H16BrN3O6. The van der Waals surface area contributed by atoms with Crippen LogP contribution in [0, 0.1) is 17.0 Å². The van der Waals surface area contributed by atoms with Crippen molar-refractivity contribution in [3.63, 3.8) is 0 Å². The van der Waals surface area contributed by atoms with Crippen LogP contribution in [0.1, 0.15) is 11.1 Å². The van der Waals surface area contributed by atoms with Gasteiger partial charge >= 0.3 is 5.69 Å². The van der Waals surface area contributed by atoms with Crippen molar-refractivity contribution in [2.45, 2.75) is 6.92 Å². The van der Waals surface area contributed by atoms with Crippen molar-refractivity contribution >= 4 is 33.7 Å². The molecule has 0 heterocycles. The Hall–Kier alpha value is -3.14. The maximum absolute atomic E-state index is 11.8. The van der Waals surface area contributed by atoms with E-state index in [1.54, 1.807) is 6.07 Å². The van der Waals surface area contributed by atoms with Gasteiger partial charge in [0.05, 0.1) is 22.7 Å². The highest BCUT2D eigenvalue weighted by Crippen LogP contribution is 2.36. The van der Waals surface area contributed by atoms with Gasteiger partial charge in [0.1, 0.15) is 5.75 Å². The van der Waals surface area contributed by atoms with E-state index in [-0.39, 0.29) is 17.9 Å². The third-order valence-electron chi connectivity index (χ3n) is 3.34. The second-order valence-corrected chi connectivity index (χ2v) is 6.22. The van der Waals surface area contributed by atoms with E-state index in [4.69, 9.17) is 9.47 Å². The lowest BCUT2D eigenvalue weighted by Crippen LogP contribution is -2.24. The van der Waals surface area contributed by atoms with E-state index >= 15 is 0 Å². The Kier molecular flexibility index (Phi) is 6.72. The zero-order chi connectivity index (χ0) is 20.0. The molecule has 0 fully saturated rings. The Balaban J connectivity index is 1.99. The summed E-state index contributed by atoms with van der Waals surface area (Å²) in [6, 6.07) is 7.89. The summed E-state index contributed by atoms with van der Waals surface area (Å²) in [6.45, 7) is 1.66. The second kappa shape index (κ2) is 8.99. The lowest BCUT2D eigenvalue weighted by atomic mass is 10.2. The molecule has 0 saturated carbocycles. The zero-order valence-corrected chi connectivity index (χ0v) is 16.0. The van der Waals surface area contributed by atoms with Crippen LogP contribution in [0.3, 0.4) is 0 Å². The molecule has 0 radical (unpaired) electrons. The van der Waals surface area contributed by atoms with E-state index in [1.807, 2.05) is 19.1 Å². The van der Waals surface area contributed by atoms with Crippen LogP contribution >= 0.6 is 15.9 Å². The lowest BCUT2D eigenvalue weighted by Gasteiger charge is -2.07. The van der Waals surface area contributed by atoms with Gasteiger partial charge in [-0.1, -0.05) is 6.07 Å². The van der Waals surface area contributed by atoms with E-state index in [0.717, 1.165) is 16.1 Å². The Labute approximate surface area is 162 Å². The minimum Gasteiger partial charge on any atom is -0.500 e. The van der Waals surface area contributed by atoms with Crippen LogP contribution in [0.2, 0.25) is 0 Å². The number of hydrogen-bond acceptors (Lipinski definition) is 7. The second-order valence-electron chi connectivity index (χ2n) is 5.36. The summed E-state index contributed by atoms with van der Waals surface area (Å²) in [5.74, 6) is -0.664. The van der Waals surface area contributed by atoms with Gasteiger partial charge in [0.15, 0.2) is 12.4 Å². The highest BCUT2D eigenvalue weighted by atomic mass is 79.9. The molecule has 0 spiro atoms. The van der Waals surface area contributed by atoms with Crippen LogP contribution in [0.15, 0.2) is 39.9 Å². The van der Waals surface area contributed by atoms with Gasteiger partial charge in [-0.3, -0.25) is 14.9 Å². The third kappa shape index (κ3) is 5.42. The topological polar surface area (TPSA) is 123 Å². The van der Waals surface area contributed by atoms with Crippen LogP contribution in [0.25, 0.3) is 0 Å². The molecule has 27 heavy (non-hydrogen) atoms. The average Bonchev–Trinajstić information content (AvgIpc) is 2.61. The molecule has 1 amide bonds. The summed E-state index contributed by atoms with van der Waals surface area (Å²) in [6.07, 6.45) is 1.19. The number of aryl methyl sites for hydroxylation is 1. The van der Waals surface area contributed by atoms with Gasteiger partial charge in [-0.25, -0.2) is 5.43 Å². The highest BCUT2D eigenvalue weighted by Gasteiger charge is 2.19. The number of nitrogens with zero attached hydrogens (tertiary/aromatic N) is 2. The van der Waals surface area contributed by atoms with Crippen molar-refractivity contribution in [2.24, 2.45) is 5.10 Å². The first-order valence-corrected chi connectivity index (χ1v) is 8.37. The number of aromatic hydroxyl groups is 1. The average molecular weight is 438 g/mol. The monoisotopic (exact) mass is 437 g/mol. The van der Waals surface area contributed by atoms with Gasteiger partial charge in [0.2, 0.25) is 5.75 Å². The Morgan fingerprint density at radius 3 is 2.74 bits per heavy atom. The van der Waals surface area contributed by atoms with E-state index in [0.29, 0.717) is 5.75 Å². The quantitative estimate of drug-likeness (QED) is 0.389. The zero-order valence-electron chi connectivity index (χ0n) is 14.4. The molecule has 142 valence electrons. The molecule has 0 atom stereocenters. The van der Waals surface area contributed by atoms with E-state index < -0.39 is 22.3 Å². The minimum absolute atomic E-state index is 0.0791. The molecular weight excluding hydrogens is 422 g/mol. The standard InChI is InChI=1S/C17H16BrN3O6/c1-10-3-4-14(12(18)5-10)27-9-16(22)20-19-8-11-6-13(21(24)25)17(23)15(7-11)26-2/h3-8,23H,9H2,1-2H3,(H,20,22)/b19-8+. The van der Waals surface area contributed by atoms with Crippen molar-refractivity contribution in [1.82, 2.24) is 5.43 Å². The molecule has 2 N–H and O–H groups in total. The summed E-state index contributed by atoms with van der Waals surface area (Å²) in [7, 11) is 1.27. The number of benzene rings is 2. The summed E-state index contributed by atoms with van der Waals surface area (Å²) in [5.41, 5.74) is 3.02. The molecule has 10 heteroatoms. The smallest absolute Gasteiger partial charge is 0.315 e. The van der Waals surface area contributed by atoms with Crippen LogP contribution in [0.5, 0.6) is 17.2 Å². The molecule has 0 aliphatic carbocycles. The fourth-order valence-corrected chi connectivity index (χ4v) is 2.67. The van der Waals surface area contributed by atoms with Crippen LogP contribution in [-0.4, -0.2) is 35.9 Å². The normalized spacial score (nSPS) is 10.6. The molecule has 2 rings (SSSR count). The predicted octanol–water partition coefficient (Wildman–Crippen LogP) is 2.91. The highest BCUT2D eigenvalue weighted by molar-refractivity contribution is 9.10. The number of phenols is 1. The molecule has 0 unspecified atom stereocenters. The largest absolute Gasteiger partial charge is 0.500 e. The van der Waals surface area contributed by atoms with Crippen molar-refractivity contribution < 1.29 is 24.3 Å². The van der Waals surface area contributed by atoms with Gasteiger partial charge in [-0.2, -0.15) is 5.10 Å². The van der Waals surface area contributed by atoms with Gasteiger partial charge < -0.3 is 14.6 Å². The number of carbonyl (C=O) groups is 1. The van der Waals surface area contributed by atoms with E-state index in [2.05, 4.69) is 26.5 Å². The van der Waals surface area contributed by atoms with Crippen LogP contribution < -0.4 is 14.9 Å². The number of phenolic OH excluding ortho intramolecular Hbond substituents is 1. The first-order valence-electron chi connectivity index (χ1n) is 7.58. The first-order chi connectivity index (χ1) is 12.8. The molecule has 0 aliphatic heterocycles. The summed E-state index contributed by atoms with van der Waals surface area (Å²) >= 11 is 3.34. The van der Waals surface area contributed by atoms with Crippen molar-refractivity contribution in [3.05, 3.63) is 56.0 Å². The van der Waals surface area contributed by atoms with Crippen molar-refractivity contribution in [2.75, 3.05) is 13.7 Å². The fourth-order valence-electron chi connectivity index (χ4n) is 2.06. The molecule has 9 nitrogen and oxygen atoms in total. The minimum atomic E-state index is -0.749. The summed E-state index contributed by atoms with van der Waals surface area (Å²) < 4.78 is 11.0. The fraction of sp³-hybridized carbons (Fsp3) is 0.176. The number of nitro groups is 1. The molecule has 0 aromatic heterocycles. The van der Waals surface area contributed by atoms with Gasteiger partial charge in [0, 0.05) is 11.6 Å². The summed E-state index contributed by atoms with van der Waals surface area (Å²) in [5, 5.41) is 24.4. The SMILES string of the molecule is COc1cc(/C=N/NC(=O)COc2ccc(C)cc2Br)cc([N+](=O)[O-])c1O. The summed E-state index contributed by atoms with van der Waals surface area (Å²) in [4.78, 5) is 22.0. The number of hydrogen-bond donors (Lipinski definition) is 2. The molecule has 2 aromatic rings. The lowest BCUT2D eigenvalue weighted by molar-refractivity contribution is -0.386. The Bertz CT molecular complexity index is 900. The number of hydrazone groups is 1. The van der Waals surface area contributed by atoms with Crippen molar-refractivity contribution in [1.29, 1.82) is 0 Å². The number of rotatable bonds is 7. The third-order valence-corrected chi connectivity index (χ3v) is 3.96.